The summed E-state index contributed by atoms with van der Waals surface area (Å²) in [6, 6.07) is 3.75. The Kier molecular flexibility index (Phi) is 9.63. The van der Waals surface area contributed by atoms with Crippen LogP contribution >= 0.6 is 7.82 Å². The summed E-state index contributed by atoms with van der Waals surface area (Å²) < 4.78 is 61.5. The lowest BCUT2D eigenvalue weighted by Gasteiger charge is -2.18. The van der Waals surface area contributed by atoms with E-state index in [-0.39, 0.29) is 24.0 Å². The molecule has 1 fully saturated rings. The van der Waals surface area contributed by atoms with Crippen LogP contribution < -0.4 is 10.1 Å². The number of phosphoric acid groups is 1. The van der Waals surface area contributed by atoms with Crippen LogP contribution in [-0.4, -0.2) is 35.1 Å². The highest BCUT2D eigenvalue weighted by atomic mass is 31.2. The third-order valence-electron chi connectivity index (χ3n) is 5.11. The van der Waals surface area contributed by atoms with Gasteiger partial charge in [0.25, 0.3) is 0 Å². The zero-order valence-electron chi connectivity index (χ0n) is 17.2. The first-order valence-corrected chi connectivity index (χ1v) is 11.9. The lowest BCUT2D eigenvalue weighted by atomic mass is 9.99. The number of nitrogens with one attached hydrogen (secondary N) is 1. The number of alkyl halides is 3. The van der Waals surface area contributed by atoms with Crippen LogP contribution in [0.2, 0.25) is 0 Å². The van der Waals surface area contributed by atoms with Gasteiger partial charge >= 0.3 is 14.0 Å². The molecular weight excluding hydrogens is 422 g/mol. The first kappa shape index (κ1) is 25.1. The Balaban J connectivity index is 1.92. The Morgan fingerprint density at radius 3 is 2.53 bits per heavy atom. The zero-order valence-corrected chi connectivity index (χ0v) is 18.1. The predicted molar refractivity (Wildman–Crippen MR) is 107 cm³/mol. The normalized spacial score (nSPS) is 19.9. The summed E-state index contributed by atoms with van der Waals surface area (Å²) in [6.07, 6.45) is 1.99. The summed E-state index contributed by atoms with van der Waals surface area (Å²) in [6.45, 7) is 2.28. The number of halogens is 3. The number of benzene rings is 1. The molecule has 0 bridgehead atoms. The van der Waals surface area contributed by atoms with E-state index < -0.39 is 25.7 Å². The van der Waals surface area contributed by atoms with E-state index in [9.17, 15) is 17.7 Å². The van der Waals surface area contributed by atoms with Gasteiger partial charge in [0.2, 0.25) is 0 Å². The van der Waals surface area contributed by atoms with Crippen molar-refractivity contribution in [2.75, 3.05) is 13.2 Å². The summed E-state index contributed by atoms with van der Waals surface area (Å²) >= 11 is 0. The third-order valence-corrected chi connectivity index (χ3v) is 5.60. The number of phosphoric ester groups is 1. The third kappa shape index (κ3) is 8.94. The van der Waals surface area contributed by atoms with Gasteiger partial charge in [-0.1, -0.05) is 45.1 Å². The van der Waals surface area contributed by atoms with Crippen molar-refractivity contribution in [3.05, 3.63) is 29.3 Å². The average molecular weight is 453 g/mol. The molecule has 0 radical (unpaired) electrons. The number of hydrogen-bond donors (Lipinski definition) is 3. The highest BCUT2D eigenvalue weighted by Gasteiger charge is 2.34. The molecule has 1 heterocycles. The molecule has 0 aliphatic carbocycles. The molecule has 0 amide bonds. The highest BCUT2D eigenvalue weighted by molar-refractivity contribution is 7.46. The Hall–Kier alpha value is -1.12. The van der Waals surface area contributed by atoms with Crippen LogP contribution in [0.25, 0.3) is 0 Å². The molecule has 0 spiro atoms. The summed E-state index contributed by atoms with van der Waals surface area (Å²) in [4.78, 5) is 17.5. The van der Waals surface area contributed by atoms with Gasteiger partial charge in [-0.15, -0.1) is 0 Å². The molecule has 30 heavy (non-hydrogen) atoms. The minimum absolute atomic E-state index is 0.136. The smallest absolute Gasteiger partial charge is 0.469 e. The Labute approximate surface area is 175 Å². The fourth-order valence-corrected chi connectivity index (χ4v) is 3.96. The van der Waals surface area contributed by atoms with Crippen molar-refractivity contribution in [1.29, 1.82) is 0 Å². The second-order valence-electron chi connectivity index (χ2n) is 7.70. The molecule has 0 aromatic heterocycles. The second-order valence-corrected chi connectivity index (χ2v) is 8.94. The number of aryl methyl sites for hydroxylation is 1. The van der Waals surface area contributed by atoms with Gasteiger partial charge in [-0.25, -0.2) is 4.57 Å². The van der Waals surface area contributed by atoms with Gasteiger partial charge in [0.05, 0.1) is 12.2 Å². The first-order chi connectivity index (χ1) is 14.1. The molecule has 6 nitrogen and oxygen atoms in total. The Morgan fingerprint density at radius 1 is 1.17 bits per heavy atom. The van der Waals surface area contributed by atoms with E-state index in [1.54, 1.807) is 6.07 Å². The van der Waals surface area contributed by atoms with Crippen molar-refractivity contribution in [3.8, 4) is 5.75 Å². The number of ether oxygens (including phenoxy) is 1. The summed E-state index contributed by atoms with van der Waals surface area (Å²) in [5, 5.41) is 2.99. The molecule has 0 unspecified atom stereocenters. The van der Waals surface area contributed by atoms with Gasteiger partial charge in [-0.3, -0.25) is 4.52 Å². The zero-order chi connectivity index (χ0) is 22.2. The summed E-state index contributed by atoms with van der Waals surface area (Å²) in [7, 11) is -4.56. The minimum Gasteiger partial charge on any atom is -0.489 e. The van der Waals surface area contributed by atoms with Crippen LogP contribution in [0.15, 0.2) is 18.2 Å². The molecule has 1 aliphatic heterocycles. The monoisotopic (exact) mass is 453 g/mol. The van der Waals surface area contributed by atoms with Crippen molar-refractivity contribution < 1.29 is 36.8 Å². The molecule has 2 rings (SSSR count). The van der Waals surface area contributed by atoms with Gasteiger partial charge in [0.1, 0.15) is 11.9 Å². The predicted octanol–water partition coefficient (Wildman–Crippen LogP) is 4.83. The highest BCUT2D eigenvalue weighted by Crippen LogP contribution is 2.37. The topological polar surface area (TPSA) is 88.0 Å². The van der Waals surface area contributed by atoms with Gasteiger partial charge < -0.3 is 19.8 Å². The molecular formula is C20H31F3NO5P. The lowest BCUT2D eigenvalue weighted by molar-refractivity contribution is -0.138. The van der Waals surface area contributed by atoms with Crippen molar-refractivity contribution in [3.63, 3.8) is 0 Å². The molecule has 0 saturated carbocycles. The van der Waals surface area contributed by atoms with Gasteiger partial charge in [0.15, 0.2) is 0 Å². The minimum atomic E-state index is -4.56. The van der Waals surface area contributed by atoms with Crippen LogP contribution in [0.4, 0.5) is 13.2 Å². The Morgan fingerprint density at radius 2 is 1.87 bits per heavy atom. The number of hydrogen-bond acceptors (Lipinski definition) is 4. The van der Waals surface area contributed by atoms with Crippen LogP contribution in [-0.2, 0) is 21.7 Å². The molecule has 172 valence electrons. The van der Waals surface area contributed by atoms with Crippen LogP contribution in [0, 0.1) is 0 Å². The SMILES string of the molecule is CCCCCCCCc1ccc(O[C@H]2CN[C@@H](COP(=O)(O)O)C2)cc1C(F)(F)F. The van der Waals surface area contributed by atoms with E-state index in [0.717, 1.165) is 44.6 Å². The van der Waals surface area contributed by atoms with Crippen molar-refractivity contribution >= 4 is 7.82 Å². The summed E-state index contributed by atoms with van der Waals surface area (Å²) in [5.41, 5.74) is -0.385. The standard InChI is InChI=1S/C20H31F3NO5P/c1-2-3-4-5-6-7-8-15-9-10-17(12-19(15)20(21,22)23)29-18-11-16(24-13-18)14-28-30(25,26)27/h9-10,12,16,18,24H,2-8,11,13-14H2,1H3,(H2,25,26,27)/t16-,18-/m1/s1. The molecule has 3 N–H and O–H groups in total. The van der Waals surface area contributed by atoms with E-state index in [2.05, 4.69) is 16.8 Å². The summed E-state index contributed by atoms with van der Waals surface area (Å²) in [5.74, 6) is 0.136. The van der Waals surface area contributed by atoms with Crippen molar-refractivity contribution in [2.24, 2.45) is 0 Å². The molecule has 1 aromatic rings. The molecule has 1 aliphatic rings. The van der Waals surface area contributed by atoms with E-state index in [4.69, 9.17) is 14.5 Å². The fourth-order valence-electron chi connectivity index (χ4n) is 3.58. The molecule has 10 heteroatoms. The molecule has 1 aromatic carbocycles. The maximum atomic E-state index is 13.5. The number of unbranched alkanes of at least 4 members (excludes halogenated alkanes) is 5. The van der Waals surface area contributed by atoms with Crippen molar-refractivity contribution in [2.45, 2.75) is 76.6 Å². The van der Waals surface area contributed by atoms with Gasteiger partial charge in [-0.2, -0.15) is 13.2 Å². The maximum Gasteiger partial charge on any atom is 0.469 e. The second kappa shape index (κ2) is 11.5. The van der Waals surface area contributed by atoms with Crippen molar-refractivity contribution in [1.82, 2.24) is 5.32 Å². The Bertz CT molecular complexity index is 710. The van der Waals surface area contributed by atoms with Gasteiger partial charge in [-0.05, 0) is 30.5 Å². The van der Waals surface area contributed by atoms with Crippen LogP contribution in [0.3, 0.4) is 0 Å². The van der Waals surface area contributed by atoms with Crippen LogP contribution in [0.5, 0.6) is 5.75 Å². The molecule has 2 atom stereocenters. The fraction of sp³-hybridized carbons (Fsp3) is 0.700. The van der Waals surface area contributed by atoms with E-state index in [0.29, 0.717) is 19.4 Å². The average Bonchev–Trinajstić information content (AvgIpc) is 3.10. The first-order valence-electron chi connectivity index (χ1n) is 10.4. The maximum absolute atomic E-state index is 13.5. The number of rotatable bonds is 12. The van der Waals surface area contributed by atoms with E-state index in [1.165, 1.54) is 6.07 Å². The largest absolute Gasteiger partial charge is 0.489 e. The quantitative estimate of drug-likeness (QED) is 0.311. The lowest BCUT2D eigenvalue weighted by Crippen LogP contribution is -2.26. The van der Waals surface area contributed by atoms with E-state index in [1.807, 2.05) is 0 Å². The van der Waals surface area contributed by atoms with E-state index >= 15 is 0 Å². The van der Waals surface area contributed by atoms with Gasteiger partial charge in [0, 0.05) is 19.0 Å². The van der Waals surface area contributed by atoms with Crippen LogP contribution in [0.1, 0.15) is 63.0 Å². The molecule has 1 saturated heterocycles.